The summed E-state index contributed by atoms with van der Waals surface area (Å²) in [5.41, 5.74) is 3.02. The second-order valence-corrected chi connectivity index (χ2v) is 7.01. The van der Waals surface area contributed by atoms with Crippen LogP contribution in [0.2, 0.25) is 0 Å². The molecule has 1 fully saturated rings. The molecule has 24 heavy (non-hydrogen) atoms. The maximum atomic E-state index is 13.1. The smallest absolute Gasteiger partial charge is 0.219 e. The Bertz CT molecular complexity index is 748. The molecule has 1 aliphatic heterocycles. The maximum Gasteiger partial charge on any atom is 0.219 e. The standard InChI is InChI=1S/C20H28N2O2/c1-5-15-8-6-7-11-22(15)13-19(23)20-14(2)21(3)18-10-9-16(24-4)12-17(18)20/h9-10,12,15H,5-8,11,13H2,1-4H3/p+1/t15-/m1/s1. The number of quaternary nitrogens is 1. The molecule has 0 bridgehead atoms. The van der Waals surface area contributed by atoms with E-state index in [0.29, 0.717) is 12.6 Å². The summed E-state index contributed by atoms with van der Waals surface area (Å²) >= 11 is 0. The predicted octanol–water partition coefficient (Wildman–Crippen LogP) is 2.53. The van der Waals surface area contributed by atoms with Crippen molar-refractivity contribution in [2.45, 2.75) is 45.6 Å². The SMILES string of the molecule is CC[C@@H]1CCCC[NH+]1CC(=O)c1c(C)n(C)c2ccc(OC)cc12. The average Bonchev–Trinajstić information content (AvgIpc) is 2.85. The van der Waals surface area contributed by atoms with Gasteiger partial charge in [-0.15, -0.1) is 0 Å². The summed E-state index contributed by atoms with van der Waals surface area (Å²) in [6.45, 7) is 6.02. The average molecular weight is 329 g/mol. The first-order valence-electron chi connectivity index (χ1n) is 9.07. The fourth-order valence-electron chi connectivity index (χ4n) is 4.20. The van der Waals surface area contributed by atoms with Gasteiger partial charge >= 0.3 is 0 Å². The number of Topliss-reactive ketones (excluding diaryl/α,β-unsaturated/α-hetero) is 1. The highest BCUT2D eigenvalue weighted by Gasteiger charge is 2.29. The maximum absolute atomic E-state index is 13.1. The van der Waals surface area contributed by atoms with Crippen molar-refractivity contribution in [3.63, 3.8) is 0 Å². The van der Waals surface area contributed by atoms with Gasteiger partial charge in [0.25, 0.3) is 0 Å². The molecule has 0 amide bonds. The molecule has 0 spiro atoms. The molecular formula is C20H29N2O2+. The van der Waals surface area contributed by atoms with Crippen LogP contribution in [0.5, 0.6) is 5.75 Å². The van der Waals surface area contributed by atoms with Crippen LogP contribution in [0.1, 0.15) is 48.7 Å². The van der Waals surface area contributed by atoms with Crippen molar-refractivity contribution < 1.29 is 14.4 Å². The van der Waals surface area contributed by atoms with E-state index in [1.54, 1.807) is 7.11 Å². The monoisotopic (exact) mass is 329 g/mol. The Labute approximate surface area is 144 Å². The first-order valence-corrected chi connectivity index (χ1v) is 9.07. The largest absolute Gasteiger partial charge is 0.497 e. The number of likely N-dealkylation sites (tertiary alicyclic amines) is 1. The number of nitrogens with one attached hydrogen (secondary N) is 1. The van der Waals surface area contributed by atoms with Crippen molar-refractivity contribution in [3.05, 3.63) is 29.5 Å². The number of rotatable bonds is 5. The first kappa shape index (κ1) is 17.0. The van der Waals surface area contributed by atoms with Crippen molar-refractivity contribution >= 4 is 16.7 Å². The molecule has 4 heteroatoms. The molecule has 4 nitrogen and oxygen atoms in total. The van der Waals surface area contributed by atoms with E-state index in [-0.39, 0.29) is 5.78 Å². The summed E-state index contributed by atoms with van der Waals surface area (Å²) in [5, 5.41) is 1.02. The number of nitrogens with zero attached hydrogens (tertiary/aromatic N) is 1. The Morgan fingerprint density at radius 1 is 1.38 bits per heavy atom. The van der Waals surface area contributed by atoms with E-state index in [1.807, 2.05) is 32.2 Å². The molecule has 1 N–H and O–H groups in total. The Morgan fingerprint density at radius 2 is 2.17 bits per heavy atom. The number of piperidine rings is 1. The van der Waals surface area contributed by atoms with Crippen molar-refractivity contribution in [3.8, 4) is 5.75 Å². The van der Waals surface area contributed by atoms with Crippen molar-refractivity contribution in [2.75, 3.05) is 20.2 Å². The molecular weight excluding hydrogens is 300 g/mol. The Balaban J connectivity index is 1.95. The van der Waals surface area contributed by atoms with Gasteiger partial charge in [0, 0.05) is 23.6 Å². The van der Waals surface area contributed by atoms with Gasteiger partial charge in [0.15, 0.2) is 0 Å². The highest BCUT2D eigenvalue weighted by atomic mass is 16.5. The molecule has 2 heterocycles. The van der Waals surface area contributed by atoms with Crippen LogP contribution in [0.15, 0.2) is 18.2 Å². The van der Waals surface area contributed by atoms with Crippen LogP contribution in [-0.4, -0.2) is 36.6 Å². The summed E-state index contributed by atoms with van der Waals surface area (Å²) in [6.07, 6.45) is 4.95. The molecule has 1 aliphatic rings. The van der Waals surface area contributed by atoms with Gasteiger partial charge in [-0.3, -0.25) is 4.79 Å². The number of fused-ring (bicyclic) bond motifs is 1. The number of hydrogen-bond donors (Lipinski definition) is 1. The van der Waals surface area contributed by atoms with E-state index in [9.17, 15) is 4.79 Å². The summed E-state index contributed by atoms with van der Waals surface area (Å²) in [7, 11) is 3.70. The van der Waals surface area contributed by atoms with Crippen molar-refractivity contribution in [1.82, 2.24) is 4.57 Å². The van der Waals surface area contributed by atoms with Crippen molar-refractivity contribution in [2.24, 2.45) is 7.05 Å². The number of aromatic nitrogens is 1. The van der Waals surface area contributed by atoms with Crippen molar-refractivity contribution in [1.29, 1.82) is 0 Å². The number of benzene rings is 1. The lowest BCUT2D eigenvalue weighted by Crippen LogP contribution is -3.17. The molecule has 0 aliphatic carbocycles. The topological polar surface area (TPSA) is 35.7 Å². The van der Waals surface area contributed by atoms with Gasteiger partial charge in [-0.25, -0.2) is 0 Å². The van der Waals surface area contributed by atoms with E-state index < -0.39 is 0 Å². The van der Waals surface area contributed by atoms with Crippen LogP contribution in [0, 0.1) is 6.92 Å². The molecule has 1 aromatic carbocycles. The van der Waals surface area contributed by atoms with Gasteiger partial charge < -0.3 is 14.2 Å². The van der Waals surface area contributed by atoms with E-state index in [0.717, 1.165) is 40.9 Å². The molecule has 1 aromatic heterocycles. The fraction of sp³-hybridized carbons (Fsp3) is 0.550. The zero-order valence-corrected chi connectivity index (χ0v) is 15.3. The highest BCUT2D eigenvalue weighted by molar-refractivity contribution is 6.10. The van der Waals surface area contributed by atoms with Gasteiger partial charge in [-0.05, 0) is 50.8 Å². The number of ether oxygens (including phenoxy) is 1. The highest BCUT2D eigenvalue weighted by Crippen LogP contribution is 2.28. The van der Waals surface area contributed by atoms with E-state index >= 15 is 0 Å². The minimum Gasteiger partial charge on any atom is -0.497 e. The molecule has 1 unspecified atom stereocenters. The van der Waals surface area contributed by atoms with Crippen LogP contribution in [0.3, 0.4) is 0 Å². The minimum atomic E-state index is 0.265. The molecule has 130 valence electrons. The normalized spacial score (nSPS) is 21.2. The molecule has 3 rings (SSSR count). The quantitative estimate of drug-likeness (QED) is 0.856. The third-order valence-electron chi connectivity index (χ3n) is 5.74. The molecule has 0 saturated carbocycles. The lowest BCUT2D eigenvalue weighted by Gasteiger charge is -2.31. The number of methoxy groups -OCH3 is 1. The van der Waals surface area contributed by atoms with E-state index in [4.69, 9.17) is 4.74 Å². The lowest BCUT2D eigenvalue weighted by atomic mass is 9.98. The molecule has 0 radical (unpaired) electrons. The van der Waals surface area contributed by atoms with Gasteiger partial charge in [0.2, 0.25) is 5.78 Å². The Morgan fingerprint density at radius 3 is 2.88 bits per heavy atom. The lowest BCUT2D eigenvalue weighted by molar-refractivity contribution is -0.922. The third-order valence-corrected chi connectivity index (χ3v) is 5.74. The van der Waals surface area contributed by atoms with E-state index in [1.165, 1.54) is 24.2 Å². The van der Waals surface area contributed by atoms with Gasteiger partial charge in [0.05, 0.1) is 25.3 Å². The summed E-state index contributed by atoms with van der Waals surface area (Å²) in [4.78, 5) is 14.6. The molecule has 2 aromatic rings. The summed E-state index contributed by atoms with van der Waals surface area (Å²) in [5.74, 6) is 1.07. The Kier molecular flexibility index (Phi) is 4.95. The van der Waals surface area contributed by atoms with Crippen LogP contribution in [-0.2, 0) is 7.05 Å². The van der Waals surface area contributed by atoms with Crippen LogP contribution in [0.25, 0.3) is 10.9 Å². The fourth-order valence-corrected chi connectivity index (χ4v) is 4.20. The number of carbonyl (C=O) groups is 1. The Hall–Kier alpha value is -1.81. The van der Waals surface area contributed by atoms with Gasteiger partial charge in [-0.1, -0.05) is 6.92 Å². The molecule has 1 saturated heterocycles. The van der Waals surface area contributed by atoms with E-state index in [2.05, 4.69) is 11.5 Å². The van der Waals surface area contributed by atoms with Gasteiger partial charge in [-0.2, -0.15) is 0 Å². The number of carbonyl (C=O) groups excluding carboxylic acids is 1. The van der Waals surface area contributed by atoms with Crippen LogP contribution >= 0.6 is 0 Å². The second kappa shape index (κ2) is 6.98. The number of ketones is 1. The minimum absolute atomic E-state index is 0.265. The first-order chi connectivity index (χ1) is 11.6. The number of hydrogen-bond acceptors (Lipinski definition) is 2. The third kappa shape index (κ3) is 2.95. The molecule has 2 atom stereocenters. The predicted molar refractivity (Wildman–Crippen MR) is 97.2 cm³/mol. The number of aryl methyl sites for hydroxylation is 1. The second-order valence-electron chi connectivity index (χ2n) is 7.01. The van der Waals surface area contributed by atoms with Gasteiger partial charge in [0.1, 0.15) is 12.3 Å². The summed E-state index contributed by atoms with van der Waals surface area (Å²) < 4.78 is 7.48. The zero-order chi connectivity index (χ0) is 17.3. The van der Waals surface area contributed by atoms with Crippen LogP contribution in [0.4, 0.5) is 0 Å². The summed E-state index contributed by atoms with van der Waals surface area (Å²) in [6, 6.07) is 6.63. The van der Waals surface area contributed by atoms with Crippen LogP contribution < -0.4 is 9.64 Å². The zero-order valence-electron chi connectivity index (χ0n) is 15.3.